The number of fused-ring (bicyclic) bond motifs is 1. The highest BCUT2D eigenvalue weighted by Gasteiger charge is 2.11. The minimum Gasteiger partial charge on any atom is -0.462 e. The lowest BCUT2D eigenvalue weighted by molar-refractivity contribution is -0.116. The number of rotatable bonds is 5. The lowest BCUT2D eigenvalue weighted by Crippen LogP contribution is -2.21. The van der Waals surface area contributed by atoms with E-state index in [9.17, 15) is 18.8 Å². The molecule has 0 spiro atoms. The summed E-state index contributed by atoms with van der Waals surface area (Å²) >= 11 is 0. The van der Waals surface area contributed by atoms with Crippen LogP contribution in [0.2, 0.25) is 0 Å². The van der Waals surface area contributed by atoms with E-state index in [0.29, 0.717) is 11.3 Å². The van der Waals surface area contributed by atoms with Gasteiger partial charge in [-0.05, 0) is 43.3 Å². The Balaban J connectivity index is 1.77. The number of nitrogens with one attached hydrogen (secondary N) is 1. The summed E-state index contributed by atoms with van der Waals surface area (Å²) in [7, 11) is 0. The Kier molecular flexibility index (Phi) is 5.30. The fourth-order valence-electron chi connectivity index (χ4n) is 2.72. The predicted molar refractivity (Wildman–Crippen MR) is 99.2 cm³/mol. The van der Waals surface area contributed by atoms with Crippen molar-refractivity contribution < 1.29 is 18.7 Å². The second-order valence-electron chi connectivity index (χ2n) is 5.79. The van der Waals surface area contributed by atoms with Crippen LogP contribution in [0.15, 0.2) is 59.5 Å². The lowest BCUT2D eigenvalue weighted by atomic mass is 10.2. The first kappa shape index (κ1) is 18.3. The number of benzene rings is 2. The molecule has 7 heteroatoms. The normalized spacial score (nSPS) is 10.6. The Morgan fingerprint density at radius 3 is 2.56 bits per heavy atom. The molecule has 0 aliphatic carbocycles. The van der Waals surface area contributed by atoms with Gasteiger partial charge in [0.05, 0.1) is 17.7 Å². The lowest BCUT2D eigenvalue weighted by Gasteiger charge is -2.12. The second-order valence-corrected chi connectivity index (χ2v) is 5.79. The van der Waals surface area contributed by atoms with Gasteiger partial charge in [0.15, 0.2) is 5.43 Å². The van der Waals surface area contributed by atoms with Gasteiger partial charge in [-0.25, -0.2) is 9.18 Å². The van der Waals surface area contributed by atoms with Crippen molar-refractivity contribution in [3.63, 3.8) is 0 Å². The third kappa shape index (κ3) is 4.03. The molecule has 0 radical (unpaired) electrons. The molecule has 0 aliphatic heterocycles. The van der Waals surface area contributed by atoms with Crippen molar-refractivity contribution in [3.05, 3.63) is 76.3 Å². The number of anilines is 1. The zero-order valence-electron chi connectivity index (χ0n) is 14.6. The van der Waals surface area contributed by atoms with Gasteiger partial charge in [0, 0.05) is 23.3 Å². The maximum Gasteiger partial charge on any atom is 0.338 e. The number of pyridine rings is 1. The molecule has 1 N–H and O–H groups in total. The Morgan fingerprint density at radius 2 is 1.85 bits per heavy atom. The fraction of sp³-hybridized carbons (Fsp3) is 0.150. The number of para-hydroxylation sites is 1. The summed E-state index contributed by atoms with van der Waals surface area (Å²) in [4.78, 5) is 35.8. The van der Waals surface area contributed by atoms with Crippen molar-refractivity contribution >= 4 is 28.5 Å². The summed E-state index contributed by atoms with van der Waals surface area (Å²) in [6.45, 7) is 1.83. The zero-order valence-corrected chi connectivity index (χ0v) is 14.6. The summed E-state index contributed by atoms with van der Waals surface area (Å²) in [6.07, 6.45) is 1.39. The van der Waals surface area contributed by atoms with Crippen LogP contribution in [-0.4, -0.2) is 23.1 Å². The van der Waals surface area contributed by atoms with Crippen LogP contribution in [0.3, 0.4) is 0 Å². The molecule has 1 amide bonds. The van der Waals surface area contributed by atoms with Crippen LogP contribution in [0.1, 0.15) is 17.3 Å². The van der Waals surface area contributed by atoms with Gasteiger partial charge >= 0.3 is 5.97 Å². The van der Waals surface area contributed by atoms with E-state index in [1.165, 1.54) is 35.0 Å². The molecule has 0 aliphatic rings. The first-order valence-corrected chi connectivity index (χ1v) is 8.34. The molecule has 27 heavy (non-hydrogen) atoms. The number of hydrogen-bond acceptors (Lipinski definition) is 4. The van der Waals surface area contributed by atoms with Gasteiger partial charge in [-0.3, -0.25) is 9.59 Å². The molecule has 1 aromatic heterocycles. The molecular weight excluding hydrogens is 351 g/mol. The number of nitrogens with zero attached hydrogens (tertiary/aromatic N) is 1. The SMILES string of the molecule is CCOC(=O)c1ccc(NC(=O)Cn2ccc(=O)c3cccc(F)c32)cc1. The minimum atomic E-state index is -0.572. The molecule has 0 fully saturated rings. The van der Waals surface area contributed by atoms with Crippen molar-refractivity contribution in [2.45, 2.75) is 13.5 Å². The molecule has 1 heterocycles. The molecule has 3 rings (SSSR count). The number of carbonyl (C=O) groups excluding carboxylic acids is 2. The topological polar surface area (TPSA) is 77.4 Å². The number of hydrogen-bond donors (Lipinski definition) is 1. The highest BCUT2D eigenvalue weighted by Crippen LogP contribution is 2.15. The van der Waals surface area contributed by atoms with Gasteiger partial charge in [0.1, 0.15) is 12.4 Å². The first-order chi connectivity index (χ1) is 13.0. The quantitative estimate of drug-likeness (QED) is 0.703. The Morgan fingerprint density at radius 1 is 1.11 bits per heavy atom. The van der Waals surface area contributed by atoms with E-state index in [-0.39, 0.29) is 29.5 Å². The zero-order chi connectivity index (χ0) is 19.4. The van der Waals surface area contributed by atoms with Crippen LogP contribution >= 0.6 is 0 Å². The number of aromatic nitrogens is 1. The van der Waals surface area contributed by atoms with Crippen LogP contribution in [0, 0.1) is 5.82 Å². The maximum absolute atomic E-state index is 14.2. The standard InChI is InChI=1S/C20H17FN2O4/c1-2-27-20(26)13-6-8-14(9-7-13)22-18(25)12-23-11-10-17(24)15-4-3-5-16(21)19(15)23/h3-11H,2,12H2,1H3,(H,22,25). The first-order valence-electron chi connectivity index (χ1n) is 8.34. The average Bonchev–Trinajstić information content (AvgIpc) is 2.65. The Bertz CT molecular complexity index is 1060. The molecular formula is C20H17FN2O4. The molecule has 3 aromatic rings. The van der Waals surface area contributed by atoms with E-state index < -0.39 is 17.7 Å². The smallest absolute Gasteiger partial charge is 0.338 e. The van der Waals surface area contributed by atoms with Crippen molar-refractivity contribution in [1.29, 1.82) is 0 Å². The molecule has 0 bridgehead atoms. The van der Waals surface area contributed by atoms with E-state index in [0.717, 1.165) is 0 Å². The number of esters is 1. The largest absolute Gasteiger partial charge is 0.462 e. The molecule has 2 aromatic carbocycles. The van der Waals surface area contributed by atoms with Crippen molar-refractivity contribution in [2.24, 2.45) is 0 Å². The monoisotopic (exact) mass is 368 g/mol. The summed E-state index contributed by atoms with van der Waals surface area (Å²) in [5.41, 5.74) is 0.635. The summed E-state index contributed by atoms with van der Waals surface area (Å²) in [5, 5.41) is 2.89. The van der Waals surface area contributed by atoms with E-state index in [2.05, 4.69) is 5.32 Å². The van der Waals surface area contributed by atoms with Gasteiger partial charge in [-0.2, -0.15) is 0 Å². The van der Waals surface area contributed by atoms with Crippen LogP contribution in [0.4, 0.5) is 10.1 Å². The molecule has 0 unspecified atom stereocenters. The molecule has 6 nitrogen and oxygen atoms in total. The number of halogens is 1. The second kappa shape index (κ2) is 7.82. The van der Waals surface area contributed by atoms with Gasteiger partial charge in [0.25, 0.3) is 0 Å². The van der Waals surface area contributed by atoms with Crippen molar-refractivity contribution in [2.75, 3.05) is 11.9 Å². The van der Waals surface area contributed by atoms with Crippen molar-refractivity contribution in [3.8, 4) is 0 Å². The predicted octanol–water partition coefficient (Wildman–Crippen LogP) is 2.96. The summed E-state index contributed by atoms with van der Waals surface area (Å²) in [6, 6.07) is 11.7. The van der Waals surface area contributed by atoms with E-state index in [1.807, 2.05) is 0 Å². The van der Waals surface area contributed by atoms with E-state index in [1.54, 1.807) is 31.2 Å². The number of amides is 1. The molecule has 138 valence electrons. The number of ether oxygens (including phenoxy) is 1. The third-order valence-corrected chi connectivity index (χ3v) is 3.94. The van der Waals surface area contributed by atoms with E-state index >= 15 is 0 Å². The Hall–Kier alpha value is -3.48. The third-order valence-electron chi connectivity index (χ3n) is 3.94. The molecule has 0 atom stereocenters. The number of carbonyl (C=O) groups is 2. The van der Waals surface area contributed by atoms with Gasteiger partial charge < -0.3 is 14.6 Å². The molecule has 0 saturated carbocycles. The van der Waals surface area contributed by atoms with Gasteiger partial charge in [-0.15, -0.1) is 0 Å². The highest BCUT2D eigenvalue weighted by molar-refractivity contribution is 5.93. The van der Waals surface area contributed by atoms with Crippen molar-refractivity contribution in [1.82, 2.24) is 4.57 Å². The van der Waals surface area contributed by atoms with Crippen LogP contribution in [0.5, 0.6) is 0 Å². The van der Waals surface area contributed by atoms with E-state index in [4.69, 9.17) is 4.74 Å². The summed E-state index contributed by atoms with van der Waals surface area (Å²) < 4.78 is 20.4. The highest BCUT2D eigenvalue weighted by atomic mass is 19.1. The van der Waals surface area contributed by atoms with Crippen LogP contribution in [0.25, 0.3) is 10.9 Å². The Labute approximate surface area is 154 Å². The van der Waals surface area contributed by atoms with Crippen LogP contribution in [-0.2, 0) is 16.1 Å². The fourth-order valence-corrected chi connectivity index (χ4v) is 2.72. The average molecular weight is 368 g/mol. The van der Waals surface area contributed by atoms with Crippen LogP contribution < -0.4 is 10.7 Å². The van der Waals surface area contributed by atoms with Gasteiger partial charge in [0.2, 0.25) is 5.91 Å². The summed E-state index contributed by atoms with van der Waals surface area (Å²) in [5.74, 6) is -1.41. The van der Waals surface area contributed by atoms with Gasteiger partial charge in [-0.1, -0.05) is 6.07 Å². The maximum atomic E-state index is 14.2. The minimum absolute atomic E-state index is 0.0813. The molecule has 0 saturated heterocycles.